The normalized spacial score (nSPS) is 24.6. The molecule has 0 aromatic carbocycles. The first-order chi connectivity index (χ1) is 5.43. The molecule has 0 aliphatic heterocycles. The number of primary sulfonamides is 1. The van der Waals surface area contributed by atoms with Gasteiger partial charge in [-0.2, -0.15) is 0 Å². The fourth-order valence-corrected chi connectivity index (χ4v) is 1.97. The molecule has 0 radical (unpaired) electrons. The van der Waals surface area contributed by atoms with Crippen LogP contribution in [0.2, 0.25) is 0 Å². The van der Waals surface area contributed by atoms with Gasteiger partial charge < -0.3 is 5.11 Å². The monoisotopic (exact) mass is 193 g/mol. The van der Waals surface area contributed by atoms with Crippen LogP contribution in [-0.4, -0.2) is 24.9 Å². The average molecular weight is 193 g/mol. The van der Waals surface area contributed by atoms with Gasteiger partial charge in [0.1, 0.15) is 0 Å². The molecule has 0 amide bonds. The Labute approximate surface area is 72.8 Å². The number of aliphatic hydroxyl groups is 1. The van der Waals surface area contributed by atoms with E-state index in [1.54, 1.807) is 0 Å². The number of rotatable bonds is 3. The van der Waals surface area contributed by atoms with Gasteiger partial charge >= 0.3 is 0 Å². The van der Waals surface area contributed by atoms with Crippen LogP contribution in [0.4, 0.5) is 0 Å². The SMILES string of the molecule is C[C@H]([C@@H](O)C1CCC1)S(N)(=O)=O. The van der Waals surface area contributed by atoms with Gasteiger partial charge in [-0.25, -0.2) is 13.6 Å². The fourth-order valence-electron chi connectivity index (χ4n) is 1.36. The molecule has 0 saturated heterocycles. The van der Waals surface area contributed by atoms with Crippen molar-refractivity contribution in [3.05, 3.63) is 0 Å². The molecule has 2 atom stereocenters. The molecule has 12 heavy (non-hydrogen) atoms. The summed E-state index contributed by atoms with van der Waals surface area (Å²) in [6, 6.07) is 0. The van der Waals surface area contributed by atoms with Crippen molar-refractivity contribution >= 4 is 10.0 Å². The first kappa shape index (κ1) is 9.95. The molecule has 0 unspecified atom stereocenters. The lowest BCUT2D eigenvalue weighted by molar-refractivity contribution is 0.0621. The van der Waals surface area contributed by atoms with E-state index in [9.17, 15) is 13.5 Å². The topological polar surface area (TPSA) is 80.4 Å². The van der Waals surface area contributed by atoms with Crippen LogP contribution in [0.1, 0.15) is 26.2 Å². The van der Waals surface area contributed by atoms with Crippen LogP contribution in [0.15, 0.2) is 0 Å². The lowest BCUT2D eigenvalue weighted by Crippen LogP contribution is -2.42. The Morgan fingerprint density at radius 2 is 2.00 bits per heavy atom. The van der Waals surface area contributed by atoms with Crippen molar-refractivity contribution in [2.24, 2.45) is 11.1 Å². The van der Waals surface area contributed by atoms with Gasteiger partial charge in [-0.3, -0.25) is 0 Å². The number of hydrogen-bond donors (Lipinski definition) is 2. The number of hydrogen-bond acceptors (Lipinski definition) is 3. The Bertz CT molecular complexity index is 245. The van der Waals surface area contributed by atoms with Crippen LogP contribution >= 0.6 is 0 Å². The Hall–Kier alpha value is -0.130. The largest absolute Gasteiger partial charge is 0.391 e. The van der Waals surface area contributed by atoms with Crippen LogP contribution < -0.4 is 5.14 Å². The molecule has 5 heteroatoms. The second kappa shape index (κ2) is 3.32. The standard InChI is InChI=1S/C7H15NO3S/c1-5(12(8,10)11)7(9)6-3-2-4-6/h5-7,9H,2-4H2,1H3,(H2,8,10,11)/t5-,7-/m1/s1. The van der Waals surface area contributed by atoms with Crippen LogP contribution in [0.25, 0.3) is 0 Å². The minimum Gasteiger partial charge on any atom is -0.391 e. The minimum atomic E-state index is -3.57. The van der Waals surface area contributed by atoms with E-state index in [0.29, 0.717) is 0 Å². The molecule has 1 aliphatic carbocycles. The van der Waals surface area contributed by atoms with Crippen molar-refractivity contribution < 1.29 is 13.5 Å². The highest BCUT2D eigenvalue weighted by atomic mass is 32.2. The van der Waals surface area contributed by atoms with Crippen LogP contribution in [-0.2, 0) is 10.0 Å². The van der Waals surface area contributed by atoms with Crippen molar-refractivity contribution in [2.45, 2.75) is 37.5 Å². The minimum absolute atomic E-state index is 0.137. The quantitative estimate of drug-likeness (QED) is 0.652. The molecule has 1 aliphatic rings. The van der Waals surface area contributed by atoms with Crippen molar-refractivity contribution in [1.29, 1.82) is 0 Å². The lowest BCUT2D eigenvalue weighted by Gasteiger charge is -2.32. The summed E-state index contributed by atoms with van der Waals surface area (Å²) >= 11 is 0. The van der Waals surface area contributed by atoms with Gasteiger partial charge in [0.2, 0.25) is 10.0 Å². The van der Waals surface area contributed by atoms with Gasteiger partial charge in [-0.1, -0.05) is 6.42 Å². The molecule has 0 aromatic rings. The van der Waals surface area contributed by atoms with Crippen LogP contribution in [0.5, 0.6) is 0 Å². The first-order valence-electron chi connectivity index (χ1n) is 4.12. The molecular formula is C7H15NO3S. The summed E-state index contributed by atoms with van der Waals surface area (Å²) in [5, 5.41) is 13.6. The smallest absolute Gasteiger partial charge is 0.214 e. The predicted molar refractivity (Wildman–Crippen MR) is 45.9 cm³/mol. The zero-order chi connectivity index (χ0) is 9.35. The van der Waals surface area contributed by atoms with E-state index in [-0.39, 0.29) is 5.92 Å². The molecule has 3 N–H and O–H groups in total. The lowest BCUT2D eigenvalue weighted by atomic mass is 9.80. The first-order valence-corrected chi connectivity index (χ1v) is 5.73. The Morgan fingerprint density at radius 3 is 2.25 bits per heavy atom. The van der Waals surface area contributed by atoms with E-state index >= 15 is 0 Å². The van der Waals surface area contributed by atoms with E-state index in [2.05, 4.69) is 0 Å². The summed E-state index contributed by atoms with van der Waals surface area (Å²) in [5.41, 5.74) is 0. The highest BCUT2D eigenvalue weighted by molar-refractivity contribution is 7.89. The molecule has 0 bridgehead atoms. The maximum absolute atomic E-state index is 10.8. The Morgan fingerprint density at radius 1 is 1.50 bits per heavy atom. The van der Waals surface area contributed by atoms with Crippen molar-refractivity contribution in [3.63, 3.8) is 0 Å². The summed E-state index contributed by atoms with van der Waals surface area (Å²) in [6.45, 7) is 1.46. The summed E-state index contributed by atoms with van der Waals surface area (Å²) in [4.78, 5) is 0. The van der Waals surface area contributed by atoms with Crippen LogP contribution in [0, 0.1) is 5.92 Å². The van der Waals surface area contributed by atoms with Crippen molar-refractivity contribution in [2.75, 3.05) is 0 Å². The summed E-state index contributed by atoms with van der Waals surface area (Å²) < 4.78 is 21.7. The molecule has 0 heterocycles. The summed E-state index contributed by atoms with van der Waals surface area (Å²) in [7, 11) is -3.57. The third-order valence-corrected chi connectivity index (χ3v) is 3.95. The van der Waals surface area contributed by atoms with Gasteiger partial charge in [0.05, 0.1) is 11.4 Å². The predicted octanol–water partition coefficient (Wildman–Crippen LogP) is -0.176. The van der Waals surface area contributed by atoms with Gasteiger partial charge in [0.15, 0.2) is 0 Å². The van der Waals surface area contributed by atoms with Crippen molar-refractivity contribution in [1.82, 2.24) is 0 Å². The third kappa shape index (κ3) is 1.97. The van der Waals surface area contributed by atoms with E-state index < -0.39 is 21.4 Å². The molecular weight excluding hydrogens is 178 g/mol. The zero-order valence-corrected chi connectivity index (χ0v) is 7.92. The molecule has 1 saturated carbocycles. The van der Waals surface area contributed by atoms with E-state index in [4.69, 9.17) is 5.14 Å². The second-order valence-electron chi connectivity index (χ2n) is 3.48. The number of aliphatic hydroxyl groups excluding tert-OH is 1. The van der Waals surface area contributed by atoms with Gasteiger partial charge in [-0.15, -0.1) is 0 Å². The summed E-state index contributed by atoms with van der Waals surface area (Å²) in [5.74, 6) is 0.137. The van der Waals surface area contributed by atoms with Gasteiger partial charge in [-0.05, 0) is 25.7 Å². The molecule has 1 rings (SSSR count). The van der Waals surface area contributed by atoms with Crippen LogP contribution in [0.3, 0.4) is 0 Å². The number of nitrogens with two attached hydrogens (primary N) is 1. The molecule has 4 nitrogen and oxygen atoms in total. The summed E-state index contributed by atoms with van der Waals surface area (Å²) in [6.07, 6.45) is 2.13. The van der Waals surface area contributed by atoms with Gasteiger partial charge in [0.25, 0.3) is 0 Å². The Balaban J connectivity index is 2.57. The maximum atomic E-state index is 10.8. The third-order valence-electron chi connectivity index (χ3n) is 2.63. The van der Waals surface area contributed by atoms with Crippen molar-refractivity contribution in [3.8, 4) is 0 Å². The number of sulfonamides is 1. The second-order valence-corrected chi connectivity index (χ2v) is 5.40. The zero-order valence-electron chi connectivity index (χ0n) is 7.10. The highest BCUT2D eigenvalue weighted by Gasteiger charge is 2.34. The molecule has 0 spiro atoms. The molecule has 1 fully saturated rings. The van der Waals surface area contributed by atoms with E-state index in [0.717, 1.165) is 19.3 Å². The van der Waals surface area contributed by atoms with E-state index in [1.165, 1.54) is 6.92 Å². The molecule has 72 valence electrons. The molecule has 0 aromatic heterocycles. The van der Waals surface area contributed by atoms with E-state index in [1.807, 2.05) is 0 Å². The van der Waals surface area contributed by atoms with Gasteiger partial charge in [0, 0.05) is 0 Å². The average Bonchev–Trinajstić information content (AvgIpc) is 1.79. The fraction of sp³-hybridized carbons (Fsp3) is 1.00. The Kier molecular flexibility index (Phi) is 2.75. The highest BCUT2D eigenvalue weighted by Crippen LogP contribution is 2.31. The maximum Gasteiger partial charge on any atom is 0.214 e.